The SMILES string of the molecule is COC(=O)[C@H](/C=C\CP(=O)(OC)OC)NC(=O)[C@H](CC(=O)OCc1ccccc1)NC(=O)[C@H](C)NC(=O)OC(C)(C)C. The van der Waals surface area contributed by atoms with Crippen LogP contribution in [0.1, 0.15) is 39.7 Å². The van der Waals surface area contributed by atoms with E-state index in [4.69, 9.17) is 23.3 Å². The van der Waals surface area contributed by atoms with Crippen LogP contribution in [0.15, 0.2) is 42.5 Å². The molecule has 234 valence electrons. The van der Waals surface area contributed by atoms with E-state index in [-0.39, 0.29) is 12.8 Å². The lowest BCUT2D eigenvalue weighted by Crippen LogP contribution is -2.55. The second-order valence-corrected chi connectivity index (χ2v) is 12.2. The molecule has 0 aliphatic heterocycles. The lowest BCUT2D eigenvalue weighted by molar-refractivity contribution is -0.148. The summed E-state index contributed by atoms with van der Waals surface area (Å²) in [4.78, 5) is 63.2. The van der Waals surface area contributed by atoms with E-state index in [1.165, 1.54) is 33.3 Å². The monoisotopic (exact) mass is 613 g/mol. The van der Waals surface area contributed by atoms with Crippen molar-refractivity contribution in [1.82, 2.24) is 16.0 Å². The average molecular weight is 614 g/mol. The van der Waals surface area contributed by atoms with Crippen LogP contribution >= 0.6 is 7.60 Å². The Hall–Kier alpha value is -3.74. The smallest absolute Gasteiger partial charge is 0.408 e. The Morgan fingerprint density at radius 2 is 1.55 bits per heavy atom. The van der Waals surface area contributed by atoms with E-state index in [1.54, 1.807) is 51.1 Å². The average Bonchev–Trinajstić information content (AvgIpc) is 2.93. The number of carbonyl (C=O) groups excluding carboxylic acids is 5. The molecule has 0 spiro atoms. The van der Waals surface area contributed by atoms with Crippen molar-refractivity contribution >= 4 is 37.4 Å². The normalized spacial score (nSPS) is 13.8. The predicted molar refractivity (Wildman–Crippen MR) is 151 cm³/mol. The highest BCUT2D eigenvalue weighted by molar-refractivity contribution is 7.54. The summed E-state index contributed by atoms with van der Waals surface area (Å²) in [7, 11) is 0.0308. The van der Waals surface area contributed by atoms with Crippen molar-refractivity contribution < 1.29 is 51.8 Å². The van der Waals surface area contributed by atoms with Gasteiger partial charge in [-0.1, -0.05) is 42.5 Å². The van der Waals surface area contributed by atoms with Crippen LogP contribution in [0.25, 0.3) is 0 Å². The minimum Gasteiger partial charge on any atom is -0.467 e. The van der Waals surface area contributed by atoms with E-state index < -0.39 is 67.6 Å². The number of carbonyl (C=O) groups is 5. The van der Waals surface area contributed by atoms with Gasteiger partial charge in [-0.3, -0.25) is 18.9 Å². The molecule has 3 amide bonds. The molecule has 1 aromatic carbocycles. The molecule has 0 heterocycles. The molecule has 0 aromatic heterocycles. The lowest BCUT2D eigenvalue weighted by atomic mass is 10.1. The van der Waals surface area contributed by atoms with Crippen molar-refractivity contribution in [1.29, 1.82) is 0 Å². The van der Waals surface area contributed by atoms with Gasteiger partial charge < -0.3 is 39.2 Å². The van der Waals surface area contributed by atoms with E-state index in [0.29, 0.717) is 5.56 Å². The van der Waals surface area contributed by atoms with Crippen molar-refractivity contribution in [3.8, 4) is 0 Å². The topological polar surface area (TPSA) is 185 Å². The number of esters is 2. The van der Waals surface area contributed by atoms with E-state index in [9.17, 15) is 28.5 Å². The van der Waals surface area contributed by atoms with Gasteiger partial charge in [-0.25, -0.2) is 9.59 Å². The van der Waals surface area contributed by atoms with E-state index in [0.717, 1.165) is 7.11 Å². The fourth-order valence-corrected chi connectivity index (χ4v) is 3.96. The highest BCUT2D eigenvalue weighted by Crippen LogP contribution is 2.46. The molecule has 0 bridgehead atoms. The number of amides is 3. The van der Waals surface area contributed by atoms with Gasteiger partial charge in [-0.15, -0.1) is 0 Å². The summed E-state index contributed by atoms with van der Waals surface area (Å²) in [5.74, 6) is -3.46. The van der Waals surface area contributed by atoms with Gasteiger partial charge in [-0.05, 0) is 33.3 Å². The van der Waals surface area contributed by atoms with Crippen LogP contribution in [-0.2, 0) is 53.6 Å². The first kappa shape index (κ1) is 36.3. The molecule has 42 heavy (non-hydrogen) atoms. The molecule has 0 saturated heterocycles. The number of hydrogen-bond acceptors (Lipinski definition) is 11. The van der Waals surface area contributed by atoms with Crippen LogP contribution in [0, 0.1) is 0 Å². The maximum absolute atomic E-state index is 13.2. The third kappa shape index (κ3) is 13.7. The van der Waals surface area contributed by atoms with E-state index in [1.807, 2.05) is 0 Å². The summed E-state index contributed by atoms with van der Waals surface area (Å²) < 4.78 is 37.1. The molecule has 1 rings (SSSR count). The van der Waals surface area contributed by atoms with Gasteiger partial charge in [0.2, 0.25) is 11.8 Å². The number of benzene rings is 1. The maximum atomic E-state index is 13.2. The van der Waals surface area contributed by atoms with Crippen LogP contribution in [0.2, 0.25) is 0 Å². The Kier molecular flexibility index (Phi) is 14.9. The highest BCUT2D eigenvalue weighted by atomic mass is 31.2. The molecule has 0 aliphatic rings. The summed E-state index contributed by atoms with van der Waals surface area (Å²) in [6.07, 6.45) is 0.805. The zero-order chi connectivity index (χ0) is 31.9. The van der Waals surface area contributed by atoms with Gasteiger partial charge in [0.25, 0.3) is 0 Å². The largest absolute Gasteiger partial charge is 0.467 e. The second-order valence-electron chi connectivity index (χ2n) is 9.88. The van der Waals surface area contributed by atoms with Gasteiger partial charge in [0.15, 0.2) is 0 Å². The standard InChI is InChI=1S/C27H40N3O11P/c1-18(28-26(35)41-27(2,3)4)23(32)30-21(16-22(31)40-17-19-12-9-8-10-13-19)24(33)29-20(25(34)37-5)14-11-15-42(36,38-6)39-7/h8-14,18,20-21H,15-17H2,1-7H3,(H,28,35)(H,29,33)(H,30,32)/b14-11-/t18-,20-,21-/m0/s1. The Morgan fingerprint density at radius 1 is 0.929 bits per heavy atom. The van der Waals surface area contributed by atoms with E-state index in [2.05, 4.69) is 16.0 Å². The first-order valence-electron chi connectivity index (χ1n) is 12.9. The molecule has 1 aromatic rings. The summed E-state index contributed by atoms with van der Waals surface area (Å²) in [6, 6.07) is 4.72. The van der Waals surface area contributed by atoms with Gasteiger partial charge >= 0.3 is 25.6 Å². The number of rotatable bonds is 15. The fourth-order valence-electron chi connectivity index (χ4n) is 3.14. The first-order valence-corrected chi connectivity index (χ1v) is 14.6. The van der Waals surface area contributed by atoms with Crippen LogP contribution in [0.5, 0.6) is 0 Å². The minimum atomic E-state index is -3.45. The molecule has 3 atom stereocenters. The Bertz CT molecular complexity index is 1140. The predicted octanol–water partition coefficient (Wildman–Crippen LogP) is 2.22. The lowest BCUT2D eigenvalue weighted by Gasteiger charge is -2.24. The second kappa shape index (κ2) is 17.3. The van der Waals surface area contributed by atoms with Crippen LogP contribution in [0.3, 0.4) is 0 Å². The number of nitrogens with one attached hydrogen (secondary N) is 3. The Balaban J connectivity index is 3.08. The van der Waals surface area contributed by atoms with Crippen molar-refractivity contribution in [2.45, 2.75) is 64.4 Å². The number of allylic oxidation sites excluding steroid dienone is 1. The van der Waals surface area contributed by atoms with Crippen LogP contribution in [-0.4, -0.2) is 81.1 Å². The first-order chi connectivity index (χ1) is 19.6. The molecule has 15 heteroatoms. The van der Waals surface area contributed by atoms with Crippen molar-refractivity contribution in [2.24, 2.45) is 0 Å². The zero-order valence-corrected chi connectivity index (χ0v) is 25.7. The number of hydrogen-bond donors (Lipinski definition) is 3. The fraction of sp³-hybridized carbons (Fsp3) is 0.519. The summed E-state index contributed by atoms with van der Waals surface area (Å²) in [5.41, 5.74) is -0.117. The third-order valence-corrected chi connectivity index (χ3v) is 7.11. The molecule has 0 aliphatic carbocycles. The van der Waals surface area contributed by atoms with Crippen molar-refractivity contribution in [3.05, 3.63) is 48.0 Å². The van der Waals surface area contributed by atoms with Crippen LogP contribution < -0.4 is 16.0 Å². The zero-order valence-electron chi connectivity index (χ0n) is 24.8. The highest BCUT2D eigenvalue weighted by Gasteiger charge is 2.31. The molecule has 3 N–H and O–H groups in total. The molecule has 0 fully saturated rings. The van der Waals surface area contributed by atoms with E-state index >= 15 is 0 Å². The Labute approximate surface area is 245 Å². The van der Waals surface area contributed by atoms with Gasteiger partial charge in [0.05, 0.1) is 19.7 Å². The minimum absolute atomic E-state index is 0.0782. The molecular weight excluding hydrogens is 573 g/mol. The van der Waals surface area contributed by atoms with Gasteiger partial charge in [0.1, 0.15) is 30.3 Å². The molecule has 0 saturated carbocycles. The van der Waals surface area contributed by atoms with Crippen molar-refractivity contribution in [3.63, 3.8) is 0 Å². The number of alkyl carbamates (subject to hydrolysis) is 1. The Morgan fingerprint density at radius 3 is 2.10 bits per heavy atom. The van der Waals surface area contributed by atoms with Crippen molar-refractivity contribution in [2.75, 3.05) is 27.5 Å². The van der Waals surface area contributed by atoms with Gasteiger partial charge in [-0.2, -0.15) is 0 Å². The quantitative estimate of drug-likeness (QED) is 0.114. The molecular formula is C27H40N3O11P. The summed E-state index contributed by atoms with van der Waals surface area (Å²) >= 11 is 0. The summed E-state index contributed by atoms with van der Waals surface area (Å²) in [6.45, 7) is 6.22. The summed E-state index contributed by atoms with van der Waals surface area (Å²) in [5, 5.41) is 7.12. The molecule has 0 unspecified atom stereocenters. The maximum Gasteiger partial charge on any atom is 0.408 e. The molecule has 0 radical (unpaired) electrons. The number of ether oxygens (including phenoxy) is 3. The molecule has 14 nitrogen and oxygen atoms in total. The van der Waals surface area contributed by atoms with Gasteiger partial charge in [0, 0.05) is 14.2 Å². The van der Waals surface area contributed by atoms with Crippen LogP contribution in [0.4, 0.5) is 4.79 Å². The third-order valence-electron chi connectivity index (χ3n) is 5.34. The number of methoxy groups -OCH3 is 1.